The third-order valence-electron chi connectivity index (χ3n) is 5.21. The molecule has 0 saturated heterocycles. The second kappa shape index (κ2) is 5.61. The smallest absolute Gasteiger partial charge is 0.147 e. The predicted molar refractivity (Wildman–Crippen MR) is 75.8 cm³/mol. The summed E-state index contributed by atoms with van der Waals surface area (Å²) in [5, 5.41) is 12.4. The molecule has 1 fully saturated rings. The number of hydrogen-bond acceptors (Lipinski definition) is 3. The number of fused-ring (bicyclic) bond motifs is 1. The molecule has 2 heterocycles. The van der Waals surface area contributed by atoms with Crippen LogP contribution in [-0.2, 0) is 19.5 Å². The monoisotopic (exact) mass is 262 g/mol. The highest BCUT2D eigenvalue weighted by Crippen LogP contribution is 2.33. The van der Waals surface area contributed by atoms with Crippen molar-refractivity contribution in [2.75, 3.05) is 0 Å². The first-order chi connectivity index (χ1) is 9.29. The van der Waals surface area contributed by atoms with Gasteiger partial charge >= 0.3 is 0 Å². The molecule has 1 aliphatic carbocycles. The van der Waals surface area contributed by atoms with Crippen LogP contribution in [0.2, 0.25) is 0 Å². The molecule has 0 bridgehead atoms. The zero-order valence-electron chi connectivity index (χ0n) is 12.2. The van der Waals surface area contributed by atoms with Gasteiger partial charge in [-0.05, 0) is 37.5 Å². The van der Waals surface area contributed by atoms with Crippen molar-refractivity contribution in [3.8, 4) is 0 Å². The van der Waals surface area contributed by atoms with Crippen molar-refractivity contribution in [2.45, 2.75) is 71.5 Å². The van der Waals surface area contributed by atoms with Crippen LogP contribution in [-0.4, -0.2) is 20.8 Å². The van der Waals surface area contributed by atoms with Crippen LogP contribution in [0.3, 0.4) is 0 Å². The van der Waals surface area contributed by atoms with E-state index in [9.17, 15) is 0 Å². The van der Waals surface area contributed by atoms with Gasteiger partial charge in [-0.2, -0.15) is 0 Å². The summed E-state index contributed by atoms with van der Waals surface area (Å²) < 4.78 is 2.33. The molecule has 0 aromatic carbocycles. The Morgan fingerprint density at radius 2 is 2.16 bits per heavy atom. The summed E-state index contributed by atoms with van der Waals surface area (Å²) in [6.07, 6.45) is 7.66. The van der Waals surface area contributed by atoms with Crippen LogP contribution in [0.15, 0.2) is 0 Å². The molecule has 19 heavy (non-hydrogen) atoms. The standard InChI is InChI=1S/C15H26N4/c1-3-12-7-8-13(11(12)2)16-10-15-18-17-14-6-4-5-9-19(14)15/h11-13,16H,3-10H2,1-2H3. The van der Waals surface area contributed by atoms with E-state index in [0.717, 1.165) is 37.2 Å². The Morgan fingerprint density at radius 3 is 2.95 bits per heavy atom. The molecule has 0 spiro atoms. The molecule has 106 valence electrons. The minimum atomic E-state index is 0.668. The van der Waals surface area contributed by atoms with E-state index in [2.05, 4.69) is 33.9 Å². The SMILES string of the molecule is CCC1CCC(NCc2nnc3n2CCCC3)C1C. The van der Waals surface area contributed by atoms with Gasteiger partial charge in [-0.1, -0.05) is 20.3 Å². The first kappa shape index (κ1) is 13.1. The summed E-state index contributed by atoms with van der Waals surface area (Å²) in [5.41, 5.74) is 0. The van der Waals surface area contributed by atoms with Crippen LogP contribution >= 0.6 is 0 Å². The first-order valence-electron chi connectivity index (χ1n) is 7.94. The van der Waals surface area contributed by atoms with Crippen LogP contribution in [0.5, 0.6) is 0 Å². The number of hydrogen-bond donors (Lipinski definition) is 1. The fourth-order valence-corrected chi connectivity index (χ4v) is 3.83. The quantitative estimate of drug-likeness (QED) is 0.906. The van der Waals surface area contributed by atoms with Gasteiger partial charge in [-0.15, -0.1) is 10.2 Å². The normalized spacial score (nSPS) is 30.5. The Morgan fingerprint density at radius 1 is 1.26 bits per heavy atom. The number of aryl methyl sites for hydroxylation is 1. The maximum absolute atomic E-state index is 4.37. The van der Waals surface area contributed by atoms with Crippen molar-refractivity contribution in [3.63, 3.8) is 0 Å². The van der Waals surface area contributed by atoms with Crippen LogP contribution in [0.1, 0.15) is 57.6 Å². The fraction of sp³-hybridized carbons (Fsp3) is 0.867. The van der Waals surface area contributed by atoms with Crippen LogP contribution in [0.25, 0.3) is 0 Å². The van der Waals surface area contributed by atoms with Gasteiger partial charge in [0.2, 0.25) is 0 Å². The van der Waals surface area contributed by atoms with E-state index < -0.39 is 0 Å². The van der Waals surface area contributed by atoms with E-state index in [1.54, 1.807) is 0 Å². The summed E-state index contributed by atoms with van der Waals surface area (Å²) in [5.74, 6) is 4.04. The largest absolute Gasteiger partial charge is 0.314 e. The Hall–Kier alpha value is -0.900. The molecular formula is C15H26N4. The highest BCUT2D eigenvalue weighted by Gasteiger charge is 2.31. The third-order valence-corrected chi connectivity index (χ3v) is 5.21. The second-order valence-electron chi connectivity index (χ2n) is 6.23. The summed E-state index contributed by atoms with van der Waals surface area (Å²) in [7, 11) is 0. The molecule has 1 N–H and O–H groups in total. The second-order valence-corrected chi connectivity index (χ2v) is 6.23. The number of aromatic nitrogens is 3. The zero-order chi connectivity index (χ0) is 13.2. The van der Waals surface area contributed by atoms with Gasteiger partial charge in [0.25, 0.3) is 0 Å². The van der Waals surface area contributed by atoms with Crippen molar-refractivity contribution in [1.29, 1.82) is 0 Å². The van der Waals surface area contributed by atoms with Crippen molar-refractivity contribution in [3.05, 3.63) is 11.6 Å². The van der Waals surface area contributed by atoms with Crippen LogP contribution < -0.4 is 5.32 Å². The Bertz CT molecular complexity index is 426. The lowest BCUT2D eigenvalue weighted by molar-refractivity contribution is 0.340. The summed E-state index contributed by atoms with van der Waals surface area (Å²) in [4.78, 5) is 0. The average Bonchev–Trinajstić information content (AvgIpc) is 3.00. The van der Waals surface area contributed by atoms with E-state index in [4.69, 9.17) is 0 Å². The lowest BCUT2D eigenvalue weighted by Gasteiger charge is -2.21. The molecule has 2 aliphatic rings. The molecule has 4 nitrogen and oxygen atoms in total. The number of rotatable bonds is 4. The Kier molecular flexibility index (Phi) is 3.87. The summed E-state index contributed by atoms with van der Waals surface area (Å²) in [6.45, 7) is 6.71. The minimum Gasteiger partial charge on any atom is -0.314 e. The van der Waals surface area contributed by atoms with E-state index in [0.29, 0.717) is 6.04 Å². The van der Waals surface area contributed by atoms with Crippen molar-refractivity contribution >= 4 is 0 Å². The molecular weight excluding hydrogens is 236 g/mol. The molecule has 1 aliphatic heterocycles. The van der Waals surface area contributed by atoms with Crippen molar-refractivity contribution in [1.82, 2.24) is 20.1 Å². The molecule has 3 unspecified atom stereocenters. The van der Waals surface area contributed by atoms with Gasteiger partial charge in [0, 0.05) is 19.0 Å². The lowest BCUT2D eigenvalue weighted by atomic mass is 9.93. The minimum absolute atomic E-state index is 0.668. The molecule has 1 aromatic rings. The Labute approximate surface area is 116 Å². The maximum atomic E-state index is 4.37. The van der Waals surface area contributed by atoms with Crippen LogP contribution in [0.4, 0.5) is 0 Å². The van der Waals surface area contributed by atoms with Crippen molar-refractivity contribution < 1.29 is 0 Å². The van der Waals surface area contributed by atoms with E-state index >= 15 is 0 Å². The fourth-order valence-electron chi connectivity index (χ4n) is 3.83. The molecule has 1 aromatic heterocycles. The van der Waals surface area contributed by atoms with Crippen molar-refractivity contribution in [2.24, 2.45) is 11.8 Å². The number of nitrogens with zero attached hydrogens (tertiary/aromatic N) is 3. The summed E-state index contributed by atoms with van der Waals surface area (Å²) in [6, 6.07) is 0.668. The van der Waals surface area contributed by atoms with E-state index in [-0.39, 0.29) is 0 Å². The maximum Gasteiger partial charge on any atom is 0.147 e. The number of nitrogens with one attached hydrogen (secondary N) is 1. The van der Waals surface area contributed by atoms with Gasteiger partial charge in [0.15, 0.2) is 0 Å². The van der Waals surface area contributed by atoms with Gasteiger partial charge in [0.05, 0.1) is 6.54 Å². The molecule has 3 rings (SSSR count). The first-order valence-corrected chi connectivity index (χ1v) is 7.94. The highest BCUT2D eigenvalue weighted by atomic mass is 15.3. The third kappa shape index (κ3) is 2.55. The highest BCUT2D eigenvalue weighted by molar-refractivity contribution is 4.99. The molecule has 0 amide bonds. The van der Waals surface area contributed by atoms with Gasteiger partial charge < -0.3 is 9.88 Å². The van der Waals surface area contributed by atoms with Gasteiger partial charge in [-0.3, -0.25) is 0 Å². The van der Waals surface area contributed by atoms with E-state index in [1.807, 2.05) is 0 Å². The molecule has 3 atom stereocenters. The van der Waals surface area contributed by atoms with E-state index in [1.165, 1.54) is 37.9 Å². The molecule has 4 heteroatoms. The van der Waals surface area contributed by atoms with Gasteiger partial charge in [0.1, 0.15) is 11.6 Å². The Balaban J connectivity index is 1.59. The van der Waals surface area contributed by atoms with Crippen LogP contribution in [0, 0.1) is 11.8 Å². The predicted octanol–water partition coefficient (Wildman–Crippen LogP) is 2.53. The molecule has 1 saturated carbocycles. The molecule has 0 radical (unpaired) electrons. The summed E-state index contributed by atoms with van der Waals surface area (Å²) >= 11 is 0. The lowest BCUT2D eigenvalue weighted by Crippen LogP contribution is -2.33. The zero-order valence-corrected chi connectivity index (χ0v) is 12.2. The topological polar surface area (TPSA) is 42.7 Å². The average molecular weight is 262 g/mol. The van der Waals surface area contributed by atoms with Gasteiger partial charge in [-0.25, -0.2) is 0 Å².